The molecule has 0 saturated heterocycles. The number of nitrogens with one attached hydrogen (secondary N) is 1. The zero-order chi connectivity index (χ0) is 17.4. The van der Waals surface area contributed by atoms with Crippen LogP contribution in [0.25, 0.3) is 0 Å². The number of benzene rings is 2. The third-order valence-electron chi connectivity index (χ3n) is 3.86. The molecule has 0 spiro atoms. The molecule has 1 atom stereocenters. The first kappa shape index (κ1) is 18.3. The second kappa shape index (κ2) is 9.28. The first-order chi connectivity index (χ1) is 11.6. The Bertz CT molecular complexity index is 685. The van der Waals surface area contributed by atoms with Crippen molar-refractivity contribution in [2.45, 2.75) is 32.1 Å². The van der Waals surface area contributed by atoms with Crippen molar-refractivity contribution in [1.29, 1.82) is 0 Å². The van der Waals surface area contributed by atoms with Gasteiger partial charge in [-0.05, 0) is 37.0 Å². The average molecular weight is 341 g/mol. The van der Waals surface area contributed by atoms with E-state index in [9.17, 15) is 9.59 Å². The maximum absolute atomic E-state index is 12.1. The van der Waals surface area contributed by atoms with Gasteiger partial charge in [-0.3, -0.25) is 9.59 Å². The molecule has 0 aliphatic rings. The van der Waals surface area contributed by atoms with Gasteiger partial charge < -0.3 is 5.32 Å². The molecule has 0 saturated carbocycles. The minimum Gasteiger partial charge on any atom is -0.345 e. The van der Waals surface area contributed by atoms with Crippen LogP contribution in [-0.4, -0.2) is 23.5 Å². The van der Waals surface area contributed by atoms with Crippen LogP contribution in [0.1, 0.15) is 23.6 Å². The fraction of sp³-hybridized carbons (Fsp3) is 0.300. The number of rotatable bonds is 8. The Morgan fingerprint density at radius 3 is 2.38 bits per heavy atom. The summed E-state index contributed by atoms with van der Waals surface area (Å²) < 4.78 is 0. The fourth-order valence-electron chi connectivity index (χ4n) is 2.41. The average Bonchev–Trinajstić information content (AvgIpc) is 2.57. The molecule has 1 amide bonds. The molecule has 0 bridgehead atoms. The summed E-state index contributed by atoms with van der Waals surface area (Å²) in [6.45, 7) is 3.59. The molecule has 0 unspecified atom stereocenters. The number of Topliss-reactive ketones (excluding diaryl/α,β-unsaturated/α-hetero) is 1. The van der Waals surface area contributed by atoms with E-state index >= 15 is 0 Å². The number of hydrogen-bond acceptors (Lipinski definition) is 3. The van der Waals surface area contributed by atoms with Gasteiger partial charge in [0.1, 0.15) is 0 Å². The molecular weight excluding hydrogens is 318 g/mol. The molecule has 2 aromatic rings. The molecule has 2 aromatic carbocycles. The predicted molar refractivity (Wildman–Crippen MR) is 100 cm³/mol. The SMILES string of the molecule is CC(=O)[C@@H](Cc1ccccc1)NC(=O)CSCc1ccccc1C. The second-order valence-electron chi connectivity index (χ2n) is 5.84. The highest BCUT2D eigenvalue weighted by Gasteiger charge is 2.17. The first-order valence-electron chi connectivity index (χ1n) is 8.02. The van der Waals surface area contributed by atoms with Crippen molar-refractivity contribution in [2.24, 2.45) is 0 Å². The van der Waals surface area contributed by atoms with Gasteiger partial charge in [0, 0.05) is 5.75 Å². The standard InChI is InChI=1S/C20H23NO2S/c1-15-8-6-7-11-18(15)13-24-14-20(23)21-19(16(2)22)12-17-9-4-3-5-10-17/h3-11,19H,12-14H2,1-2H3,(H,21,23)/t19-/m1/s1. The van der Waals surface area contributed by atoms with Crippen LogP contribution in [0.5, 0.6) is 0 Å². The van der Waals surface area contributed by atoms with Gasteiger partial charge in [-0.15, -0.1) is 11.8 Å². The summed E-state index contributed by atoms with van der Waals surface area (Å²) in [5.74, 6) is 1.04. The molecule has 0 heterocycles. The molecule has 24 heavy (non-hydrogen) atoms. The van der Waals surface area contributed by atoms with E-state index in [1.807, 2.05) is 42.5 Å². The number of amides is 1. The fourth-order valence-corrected chi connectivity index (χ4v) is 3.32. The van der Waals surface area contributed by atoms with E-state index in [1.54, 1.807) is 11.8 Å². The van der Waals surface area contributed by atoms with Gasteiger partial charge >= 0.3 is 0 Å². The van der Waals surface area contributed by atoms with Crippen LogP contribution in [0.3, 0.4) is 0 Å². The smallest absolute Gasteiger partial charge is 0.230 e. The quantitative estimate of drug-likeness (QED) is 0.799. The summed E-state index contributed by atoms with van der Waals surface area (Å²) in [6.07, 6.45) is 0.532. The van der Waals surface area contributed by atoms with Crippen molar-refractivity contribution in [3.8, 4) is 0 Å². The summed E-state index contributed by atoms with van der Waals surface area (Å²) in [6, 6.07) is 17.5. The molecule has 4 heteroatoms. The molecule has 0 fully saturated rings. The summed E-state index contributed by atoms with van der Waals surface area (Å²) in [5, 5.41) is 2.86. The summed E-state index contributed by atoms with van der Waals surface area (Å²) >= 11 is 1.57. The van der Waals surface area contributed by atoms with E-state index in [-0.39, 0.29) is 11.7 Å². The lowest BCUT2D eigenvalue weighted by Gasteiger charge is -2.16. The van der Waals surface area contributed by atoms with Crippen molar-refractivity contribution in [2.75, 3.05) is 5.75 Å². The molecule has 126 valence electrons. The second-order valence-corrected chi connectivity index (χ2v) is 6.83. The maximum atomic E-state index is 12.1. The monoisotopic (exact) mass is 341 g/mol. The van der Waals surface area contributed by atoms with E-state index < -0.39 is 6.04 Å². The van der Waals surface area contributed by atoms with Crippen molar-refractivity contribution in [3.05, 3.63) is 71.3 Å². The molecule has 0 aromatic heterocycles. The Morgan fingerprint density at radius 2 is 1.71 bits per heavy atom. The maximum Gasteiger partial charge on any atom is 0.230 e. The Morgan fingerprint density at radius 1 is 1.04 bits per heavy atom. The Hall–Kier alpha value is -2.07. The van der Waals surface area contributed by atoms with Gasteiger partial charge in [-0.2, -0.15) is 0 Å². The summed E-state index contributed by atoms with van der Waals surface area (Å²) in [7, 11) is 0. The number of hydrogen-bond donors (Lipinski definition) is 1. The third kappa shape index (κ3) is 5.85. The molecule has 0 aliphatic heterocycles. The van der Waals surface area contributed by atoms with Gasteiger partial charge in [-0.25, -0.2) is 0 Å². The lowest BCUT2D eigenvalue weighted by atomic mass is 10.0. The van der Waals surface area contributed by atoms with E-state index in [0.717, 1.165) is 11.3 Å². The van der Waals surface area contributed by atoms with Gasteiger partial charge in [-0.1, -0.05) is 54.6 Å². The minimum absolute atomic E-state index is 0.0175. The minimum atomic E-state index is -0.459. The number of carbonyl (C=O) groups excluding carboxylic acids is 2. The number of carbonyl (C=O) groups is 2. The highest BCUT2D eigenvalue weighted by atomic mass is 32.2. The summed E-state index contributed by atoms with van der Waals surface area (Å²) in [5.41, 5.74) is 3.52. The van der Waals surface area contributed by atoms with E-state index in [0.29, 0.717) is 12.2 Å². The van der Waals surface area contributed by atoms with E-state index in [4.69, 9.17) is 0 Å². The van der Waals surface area contributed by atoms with Gasteiger partial charge in [0.05, 0.1) is 11.8 Å². The van der Waals surface area contributed by atoms with Gasteiger partial charge in [0.15, 0.2) is 5.78 Å². The van der Waals surface area contributed by atoms with Crippen LogP contribution >= 0.6 is 11.8 Å². The zero-order valence-corrected chi connectivity index (χ0v) is 14.9. The van der Waals surface area contributed by atoms with Crippen molar-refractivity contribution in [1.82, 2.24) is 5.32 Å². The van der Waals surface area contributed by atoms with Gasteiger partial charge in [0.2, 0.25) is 5.91 Å². The van der Waals surface area contributed by atoms with Gasteiger partial charge in [0.25, 0.3) is 0 Å². The normalized spacial score (nSPS) is 11.8. The van der Waals surface area contributed by atoms with Crippen LogP contribution in [0.15, 0.2) is 54.6 Å². The van der Waals surface area contributed by atoms with Crippen LogP contribution in [0, 0.1) is 6.92 Å². The largest absolute Gasteiger partial charge is 0.345 e. The van der Waals surface area contributed by atoms with Crippen molar-refractivity contribution in [3.63, 3.8) is 0 Å². The van der Waals surface area contributed by atoms with E-state index in [2.05, 4.69) is 24.4 Å². The van der Waals surface area contributed by atoms with Crippen LogP contribution < -0.4 is 5.32 Å². The molecular formula is C20H23NO2S. The molecule has 3 nitrogen and oxygen atoms in total. The van der Waals surface area contributed by atoms with E-state index in [1.165, 1.54) is 18.1 Å². The number of ketones is 1. The number of aryl methyl sites for hydroxylation is 1. The Labute approximate surface area is 147 Å². The first-order valence-corrected chi connectivity index (χ1v) is 9.17. The van der Waals surface area contributed by atoms with Crippen LogP contribution in [-0.2, 0) is 21.8 Å². The molecule has 2 rings (SSSR count). The number of thioether (sulfide) groups is 1. The predicted octanol–water partition coefficient (Wildman–Crippen LogP) is 3.54. The third-order valence-corrected chi connectivity index (χ3v) is 4.84. The molecule has 1 N–H and O–H groups in total. The highest BCUT2D eigenvalue weighted by Crippen LogP contribution is 2.15. The lowest BCUT2D eigenvalue weighted by molar-refractivity contribution is -0.125. The zero-order valence-electron chi connectivity index (χ0n) is 14.1. The van der Waals surface area contributed by atoms with Crippen LogP contribution in [0.2, 0.25) is 0 Å². The topological polar surface area (TPSA) is 46.2 Å². The van der Waals surface area contributed by atoms with Crippen LogP contribution in [0.4, 0.5) is 0 Å². The molecule has 0 aliphatic carbocycles. The Kier molecular flexibility index (Phi) is 7.07. The molecule has 0 radical (unpaired) electrons. The summed E-state index contributed by atoms with van der Waals surface area (Å²) in [4.78, 5) is 23.9. The Balaban J connectivity index is 1.82. The lowest BCUT2D eigenvalue weighted by Crippen LogP contribution is -2.42. The highest BCUT2D eigenvalue weighted by molar-refractivity contribution is 7.99. The van der Waals surface area contributed by atoms with Crippen molar-refractivity contribution < 1.29 is 9.59 Å². The van der Waals surface area contributed by atoms with Crippen molar-refractivity contribution >= 4 is 23.5 Å².